The minimum Gasteiger partial charge on any atom is -0.348 e. The van der Waals surface area contributed by atoms with Crippen molar-refractivity contribution in [3.05, 3.63) is 10.6 Å². The molecule has 0 unspecified atom stereocenters. The maximum Gasteiger partial charge on any atom is 0.185 e. The smallest absolute Gasteiger partial charge is 0.185 e. The SMILES string of the molecule is CCCc1nc(N2CCC(C)CC2)sc1CNC(C)C. The molecule has 0 bridgehead atoms. The number of thiazole rings is 1. The van der Waals surface area contributed by atoms with Crippen molar-refractivity contribution < 1.29 is 0 Å². The largest absolute Gasteiger partial charge is 0.348 e. The molecule has 1 N–H and O–H groups in total. The van der Waals surface area contributed by atoms with Gasteiger partial charge in [0.1, 0.15) is 0 Å². The molecule has 1 saturated heterocycles. The second kappa shape index (κ2) is 7.41. The number of hydrogen-bond acceptors (Lipinski definition) is 4. The molecule has 2 rings (SSSR count). The van der Waals surface area contributed by atoms with Crippen LogP contribution in [-0.4, -0.2) is 24.1 Å². The van der Waals surface area contributed by atoms with Crippen molar-refractivity contribution in [1.82, 2.24) is 10.3 Å². The van der Waals surface area contributed by atoms with E-state index in [1.165, 1.54) is 48.1 Å². The summed E-state index contributed by atoms with van der Waals surface area (Å²) >= 11 is 1.90. The van der Waals surface area contributed by atoms with Gasteiger partial charge in [0.25, 0.3) is 0 Å². The standard InChI is InChI=1S/C16H29N3S/c1-5-6-14-15(11-17-12(2)3)20-16(18-14)19-9-7-13(4)8-10-19/h12-13,17H,5-11H2,1-4H3. The molecule has 1 aromatic rings. The van der Waals surface area contributed by atoms with Crippen molar-refractivity contribution in [3.8, 4) is 0 Å². The van der Waals surface area contributed by atoms with Crippen LogP contribution in [0.15, 0.2) is 0 Å². The number of aryl methyl sites for hydroxylation is 1. The third kappa shape index (κ3) is 4.19. The summed E-state index contributed by atoms with van der Waals surface area (Å²) in [5.41, 5.74) is 1.32. The Morgan fingerprint density at radius 2 is 2.05 bits per heavy atom. The maximum absolute atomic E-state index is 4.93. The van der Waals surface area contributed by atoms with Crippen LogP contribution in [0.5, 0.6) is 0 Å². The Hall–Kier alpha value is -0.610. The van der Waals surface area contributed by atoms with Crippen molar-refractivity contribution in [1.29, 1.82) is 0 Å². The Kier molecular flexibility index (Phi) is 5.85. The number of anilines is 1. The van der Waals surface area contributed by atoms with Crippen molar-refractivity contribution in [2.45, 2.75) is 66.0 Å². The zero-order valence-electron chi connectivity index (χ0n) is 13.4. The predicted molar refractivity (Wildman–Crippen MR) is 88.7 cm³/mol. The van der Waals surface area contributed by atoms with Crippen LogP contribution in [0.2, 0.25) is 0 Å². The summed E-state index contributed by atoms with van der Waals surface area (Å²) in [6.45, 7) is 12.3. The van der Waals surface area contributed by atoms with E-state index in [-0.39, 0.29) is 0 Å². The van der Waals surface area contributed by atoms with Gasteiger partial charge in [-0.15, -0.1) is 11.3 Å². The lowest BCUT2D eigenvalue weighted by molar-refractivity contribution is 0.438. The molecule has 114 valence electrons. The summed E-state index contributed by atoms with van der Waals surface area (Å²) in [5.74, 6) is 0.878. The molecule has 0 spiro atoms. The van der Waals surface area contributed by atoms with Crippen LogP contribution in [-0.2, 0) is 13.0 Å². The van der Waals surface area contributed by atoms with Gasteiger partial charge in [-0.25, -0.2) is 4.98 Å². The highest BCUT2D eigenvalue weighted by Crippen LogP contribution is 2.30. The van der Waals surface area contributed by atoms with E-state index in [0.29, 0.717) is 6.04 Å². The Labute approximate surface area is 127 Å². The summed E-state index contributed by atoms with van der Waals surface area (Å²) < 4.78 is 0. The molecule has 4 heteroatoms. The lowest BCUT2D eigenvalue weighted by Crippen LogP contribution is -2.32. The molecule has 20 heavy (non-hydrogen) atoms. The monoisotopic (exact) mass is 295 g/mol. The number of rotatable bonds is 6. The minimum absolute atomic E-state index is 0.533. The van der Waals surface area contributed by atoms with E-state index in [2.05, 4.69) is 37.9 Å². The highest BCUT2D eigenvalue weighted by atomic mass is 32.1. The van der Waals surface area contributed by atoms with Gasteiger partial charge in [0.2, 0.25) is 0 Å². The quantitative estimate of drug-likeness (QED) is 0.864. The summed E-state index contributed by atoms with van der Waals surface area (Å²) in [7, 11) is 0. The van der Waals surface area contributed by atoms with Crippen LogP contribution in [0.4, 0.5) is 5.13 Å². The highest BCUT2D eigenvalue weighted by molar-refractivity contribution is 7.15. The van der Waals surface area contributed by atoms with Gasteiger partial charge in [-0.3, -0.25) is 0 Å². The average molecular weight is 295 g/mol. The van der Waals surface area contributed by atoms with E-state index < -0.39 is 0 Å². The first-order chi connectivity index (χ1) is 9.60. The van der Waals surface area contributed by atoms with E-state index >= 15 is 0 Å². The number of nitrogens with one attached hydrogen (secondary N) is 1. The molecule has 2 heterocycles. The molecular weight excluding hydrogens is 266 g/mol. The Balaban J connectivity index is 2.07. The van der Waals surface area contributed by atoms with Crippen LogP contribution in [0.3, 0.4) is 0 Å². The van der Waals surface area contributed by atoms with Crippen LogP contribution < -0.4 is 10.2 Å². The van der Waals surface area contributed by atoms with Gasteiger partial charge in [-0.05, 0) is 25.2 Å². The lowest BCUT2D eigenvalue weighted by atomic mass is 10.00. The lowest BCUT2D eigenvalue weighted by Gasteiger charge is -2.29. The van der Waals surface area contributed by atoms with Gasteiger partial charge in [0, 0.05) is 30.6 Å². The zero-order chi connectivity index (χ0) is 14.5. The molecule has 0 aromatic carbocycles. The molecule has 0 atom stereocenters. The average Bonchev–Trinajstić information content (AvgIpc) is 2.81. The maximum atomic E-state index is 4.93. The van der Waals surface area contributed by atoms with E-state index in [1.807, 2.05) is 11.3 Å². The molecule has 1 aliphatic heterocycles. The van der Waals surface area contributed by atoms with Gasteiger partial charge >= 0.3 is 0 Å². The number of aromatic nitrogens is 1. The van der Waals surface area contributed by atoms with Gasteiger partial charge in [-0.2, -0.15) is 0 Å². The second-order valence-corrected chi connectivity index (χ2v) is 7.38. The normalized spacial score (nSPS) is 17.1. The Bertz CT molecular complexity index is 406. The zero-order valence-corrected chi connectivity index (χ0v) is 14.2. The van der Waals surface area contributed by atoms with Gasteiger partial charge < -0.3 is 10.2 Å². The third-order valence-electron chi connectivity index (χ3n) is 3.98. The van der Waals surface area contributed by atoms with Crippen molar-refractivity contribution in [2.75, 3.05) is 18.0 Å². The molecule has 0 radical (unpaired) electrons. The first kappa shape index (κ1) is 15.8. The summed E-state index contributed by atoms with van der Waals surface area (Å²) in [4.78, 5) is 8.86. The third-order valence-corrected chi connectivity index (χ3v) is 5.14. The molecular formula is C16H29N3S. The van der Waals surface area contributed by atoms with E-state index in [9.17, 15) is 0 Å². The predicted octanol–water partition coefficient (Wildman–Crippen LogP) is 3.83. The van der Waals surface area contributed by atoms with Gasteiger partial charge in [-0.1, -0.05) is 34.1 Å². The molecule has 0 saturated carbocycles. The second-order valence-electron chi connectivity index (χ2n) is 6.32. The molecule has 0 amide bonds. The van der Waals surface area contributed by atoms with Crippen molar-refractivity contribution in [3.63, 3.8) is 0 Å². The van der Waals surface area contributed by atoms with Crippen molar-refractivity contribution in [2.24, 2.45) is 5.92 Å². The van der Waals surface area contributed by atoms with Crippen LogP contribution in [0.25, 0.3) is 0 Å². The topological polar surface area (TPSA) is 28.2 Å². The van der Waals surface area contributed by atoms with E-state index in [1.54, 1.807) is 0 Å². The number of hydrogen-bond donors (Lipinski definition) is 1. The number of nitrogens with zero attached hydrogens (tertiary/aromatic N) is 2. The van der Waals surface area contributed by atoms with E-state index in [0.717, 1.165) is 18.9 Å². The molecule has 3 nitrogen and oxygen atoms in total. The van der Waals surface area contributed by atoms with Crippen LogP contribution >= 0.6 is 11.3 Å². The fourth-order valence-electron chi connectivity index (χ4n) is 2.57. The number of piperidine rings is 1. The molecule has 0 aliphatic carbocycles. The van der Waals surface area contributed by atoms with Crippen LogP contribution in [0, 0.1) is 5.92 Å². The summed E-state index contributed by atoms with van der Waals surface area (Å²) in [6.07, 6.45) is 4.90. The fourth-order valence-corrected chi connectivity index (χ4v) is 3.68. The minimum atomic E-state index is 0.533. The molecule has 1 aliphatic rings. The van der Waals surface area contributed by atoms with Crippen molar-refractivity contribution >= 4 is 16.5 Å². The van der Waals surface area contributed by atoms with Gasteiger partial charge in [0.15, 0.2) is 5.13 Å². The Morgan fingerprint density at radius 3 is 2.65 bits per heavy atom. The summed E-state index contributed by atoms with van der Waals surface area (Å²) in [5, 5.41) is 4.79. The first-order valence-electron chi connectivity index (χ1n) is 8.07. The first-order valence-corrected chi connectivity index (χ1v) is 8.88. The Morgan fingerprint density at radius 1 is 1.35 bits per heavy atom. The van der Waals surface area contributed by atoms with Crippen LogP contribution in [0.1, 0.15) is 57.5 Å². The highest BCUT2D eigenvalue weighted by Gasteiger charge is 2.20. The molecule has 1 fully saturated rings. The molecule has 1 aromatic heterocycles. The van der Waals surface area contributed by atoms with E-state index in [4.69, 9.17) is 4.98 Å². The fraction of sp³-hybridized carbons (Fsp3) is 0.812. The van der Waals surface area contributed by atoms with Gasteiger partial charge in [0.05, 0.1) is 5.69 Å². The summed E-state index contributed by atoms with van der Waals surface area (Å²) in [6, 6.07) is 0.533.